The summed E-state index contributed by atoms with van der Waals surface area (Å²) in [6.07, 6.45) is 0. The third-order valence-electron chi connectivity index (χ3n) is 3.69. The highest BCUT2D eigenvalue weighted by Gasteiger charge is 2.27. The van der Waals surface area contributed by atoms with Crippen LogP contribution in [0.5, 0.6) is 0 Å². The molecule has 0 aliphatic carbocycles. The van der Waals surface area contributed by atoms with Crippen molar-refractivity contribution in [3.05, 3.63) is 76.5 Å². The molecule has 1 heterocycles. The number of anilines is 1. The first-order valence-electron chi connectivity index (χ1n) is 7.15. The van der Waals surface area contributed by atoms with Crippen LogP contribution in [-0.4, -0.2) is 9.91 Å². The summed E-state index contributed by atoms with van der Waals surface area (Å²) in [7, 11) is 0. The average molecular weight is 305 g/mol. The van der Waals surface area contributed by atoms with Crippen LogP contribution >= 0.6 is 0 Å². The maximum absolute atomic E-state index is 11.8. The molecule has 0 radical (unpaired) electrons. The van der Waals surface area contributed by atoms with Gasteiger partial charge in [0.25, 0.3) is 0 Å². The number of aromatic nitrogens is 1. The maximum atomic E-state index is 11.8. The third kappa shape index (κ3) is 2.64. The van der Waals surface area contributed by atoms with Gasteiger partial charge in [-0.2, -0.15) is 0 Å². The Balaban J connectivity index is 2.39. The van der Waals surface area contributed by atoms with Gasteiger partial charge in [-0.3, -0.25) is 10.1 Å². The van der Waals surface area contributed by atoms with Crippen LogP contribution in [0.3, 0.4) is 0 Å². The van der Waals surface area contributed by atoms with Gasteiger partial charge in [0.1, 0.15) is 5.69 Å². The van der Waals surface area contributed by atoms with Crippen LogP contribution in [0.4, 0.5) is 11.4 Å². The third-order valence-corrected chi connectivity index (χ3v) is 3.69. The van der Waals surface area contributed by atoms with E-state index in [0.29, 0.717) is 33.8 Å². The number of nitrogen functional groups attached to an aromatic ring is 1. The molecule has 1 aromatic heterocycles. The largest absolute Gasteiger partial charge is 0.397 e. The van der Waals surface area contributed by atoms with Crippen LogP contribution in [0.2, 0.25) is 0 Å². The summed E-state index contributed by atoms with van der Waals surface area (Å²) in [5.74, 6) is 0. The van der Waals surface area contributed by atoms with E-state index in [1.54, 1.807) is 19.1 Å². The minimum absolute atomic E-state index is 0.0644. The van der Waals surface area contributed by atoms with Gasteiger partial charge in [0.15, 0.2) is 0 Å². The first-order chi connectivity index (χ1) is 11.1. The van der Waals surface area contributed by atoms with E-state index >= 15 is 0 Å². The van der Waals surface area contributed by atoms with Crippen molar-refractivity contribution < 1.29 is 4.92 Å². The van der Waals surface area contributed by atoms with E-state index in [1.807, 2.05) is 48.5 Å². The standard InChI is InChI=1S/C18H15N3O2/c1-12-16(19)15(13-8-4-2-5-9-13)18(21(22)23)17(20-12)14-10-6-3-7-11-14/h2-11H,19H2,1H3. The lowest BCUT2D eigenvalue weighted by molar-refractivity contribution is -0.383. The van der Waals surface area contributed by atoms with E-state index in [0.717, 1.165) is 0 Å². The number of nitrogens with two attached hydrogens (primary N) is 1. The SMILES string of the molecule is Cc1nc(-c2ccccc2)c([N+](=O)[O-])c(-c2ccccc2)c1N. The number of hydrogen-bond donors (Lipinski definition) is 1. The minimum Gasteiger partial charge on any atom is -0.397 e. The molecular formula is C18H15N3O2. The average Bonchev–Trinajstić information content (AvgIpc) is 2.58. The highest BCUT2D eigenvalue weighted by Crippen LogP contribution is 2.42. The number of benzene rings is 2. The molecule has 114 valence electrons. The van der Waals surface area contributed by atoms with E-state index in [4.69, 9.17) is 5.73 Å². The van der Waals surface area contributed by atoms with Crippen molar-refractivity contribution >= 4 is 11.4 Å². The molecule has 0 spiro atoms. The molecule has 5 nitrogen and oxygen atoms in total. The van der Waals surface area contributed by atoms with E-state index in [1.165, 1.54) is 0 Å². The number of hydrogen-bond acceptors (Lipinski definition) is 4. The second-order valence-electron chi connectivity index (χ2n) is 5.17. The van der Waals surface area contributed by atoms with Crippen LogP contribution in [0.15, 0.2) is 60.7 Å². The summed E-state index contributed by atoms with van der Waals surface area (Å²) < 4.78 is 0. The van der Waals surface area contributed by atoms with Gasteiger partial charge in [-0.1, -0.05) is 60.7 Å². The predicted molar refractivity (Wildman–Crippen MR) is 90.9 cm³/mol. The molecular weight excluding hydrogens is 290 g/mol. The Morgan fingerprint density at radius 2 is 1.48 bits per heavy atom. The zero-order chi connectivity index (χ0) is 16.4. The molecule has 3 rings (SSSR count). The molecule has 0 amide bonds. The van der Waals surface area contributed by atoms with Crippen molar-refractivity contribution in [2.45, 2.75) is 6.92 Å². The molecule has 2 aromatic carbocycles. The van der Waals surface area contributed by atoms with Crippen LogP contribution in [-0.2, 0) is 0 Å². The molecule has 0 fully saturated rings. The lowest BCUT2D eigenvalue weighted by Gasteiger charge is -2.13. The van der Waals surface area contributed by atoms with Gasteiger partial charge in [-0.05, 0) is 12.5 Å². The summed E-state index contributed by atoms with van der Waals surface area (Å²) in [5, 5.41) is 11.8. The van der Waals surface area contributed by atoms with Crippen molar-refractivity contribution in [2.75, 3.05) is 5.73 Å². The van der Waals surface area contributed by atoms with Crippen molar-refractivity contribution in [3.63, 3.8) is 0 Å². The number of rotatable bonds is 3. The smallest absolute Gasteiger partial charge is 0.305 e. The zero-order valence-corrected chi connectivity index (χ0v) is 12.6. The van der Waals surface area contributed by atoms with Gasteiger partial charge in [-0.25, -0.2) is 4.98 Å². The lowest BCUT2D eigenvalue weighted by atomic mass is 9.97. The molecule has 2 N–H and O–H groups in total. The van der Waals surface area contributed by atoms with Crippen molar-refractivity contribution in [1.82, 2.24) is 4.98 Å². The van der Waals surface area contributed by atoms with Gasteiger partial charge in [-0.15, -0.1) is 0 Å². The van der Waals surface area contributed by atoms with Crippen molar-refractivity contribution in [3.8, 4) is 22.4 Å². The molecule has 0 aliphatic heterocycles. The molecule has 0 atom stereocenters. The Hall–Kier alpha value is -3.21. The normalized spacial score (nSPS) is 10.5. The van der Waals surface area contributed by atoms with E-state index in [-0.39, 0.29) is 5.69 Å². The van der Waals surface area contributed by atoms with Gasteiger partial charge in [0.05, 0.1) is 21.9 Å². The number of nitro groups is 1. The monoisotopic (exact) mass is 305 g/mol. The molecule has 3 aromatic rings. The molecule has 0 aliphatic rings. The highest BCUT2D eigenvalue weighted by molar-refractivity contribution is 5.91. The lowest BCUT2D eigenvalue weighted by Crippen LogP contribution is -2.05. The minimum atomic E-state index is -0.409. The fraction of sp³-hybridized carbons (Fsp3) is 0.0556. The van der Waals surface area contributed by atoms with E-state index < -0.39 is 4.92 Å². The Bertz CT molecular complexity index is 862. The summed E-state index contributed by atoms with van der Waals surface area (Å²) in [5.41, 5.74) is 9.14. The highest BCUT2D eigenvalue weighted by atomic mass is 16.6. The van der Waals surface area contributed by atoms with Crippen LogP contribution < -0.4 is 5.73 Å². The summed E-state index contributed by atoms with van der Waals surface area (Å²) in [4.78, 5) is 15.7. The van der Waals surface area contributed by atoms with Crippen LogP contribution in [0, 0.1) is 17.0 Å². The molecule has 5 heteroatoms. The first-order valence-corrected chi connectivity index (χ1v) is 7.15. The summed E-state index contributed by atoms with van der Waals surface area (Å²) in [6, 6.07) is 18.3. The quantitative estimate of drug-likeness (QED) is 0.580. The predicted octanol–water partition coefficient (Wildman–Crippen LogP) is 4.21. The van der Waals surface area contributed by atoms with Crippen LogP contribution in [0.1, 0.15) is 5.69 Å². The van der Waals surface area contributed by atoms with E-state index in [2.05, 4.69) is 4.98 Å². The summed E-state index contributed by atoms with van der Waals surface area (Å²) >= 11 is 0. The Labute approximate surface area is 133 Å². The van der Waals surface area contributed by atoms with Crippen molar-refractivity contribution in [1.29, 1.82) is 0 Å². The second kappa shape index (κ2) is 5.88. The molecule has 23 heavy (non-hydrogen) atoms. The van der Waals surface area contributed by atoms with Gasteiger partial charge in [0.2, 0.25) is 0 Å². The zero-order valence-electron chi connectivity index (χ0n) is 12.6. The molecule has 0 saturated heterocycles. The maximum Gasteiger partial charge on any atom is 0.305 e. The van der Waals surface area contributed by atoms with E-state index in [9.17, 15) is 10.1 Å². The number of nitrogens with zero attached hydrogens (tertiary/aromatic N) is 2. The van der Waals surface area contributed by atoms with Gasteiger partial charge in [0, 0.05) is 5.56 Å². The number of pyridine rings is 1. The number of aryl methyl sites for hydroxylation is 1. The Morgan fingerprint density at radius 1 is 0.957 bits per heavy atom. The second-order valence-corrected chi connectivity index (χ2v) is 5.17. The topological polar surface area (TPSA) is 82.0 Å². The fourth-order valence-electron chi connectivity index (χ4n) is 2.58. The first kappa shape index (κ1) is 14.7. The Kier molecular flexibility index (Phi) is 3.76. The van der Waals surface area contributed by atoms with Crippen LogP contribution in [0.25, 0.3) is 22.4 Å². The molecule has 0 bridgehead atoms. The molecule has 0 unspecified atom stereocenters. The summed E-state index contributed by atoms with van der Waals surface area (Å²) in [6.45, 7) is 1.76. The fourth-order valence-corrected chi connectivity index (χ4v) is 2.58. The molecule has 0 saturated carbocycles. The van der Waals surface area contributed by atoms with Gasteiger partial charge < -0.3 is 5.73 Å². The Morgan fingerprint density at radius 3 is 2.00 bits per heavy atom. The van der Waals surface area contributed by atoms with Crippen molar-refractivity contribution in [2.24, 2.45) is 0 Å². The van der Waals surface area contributed by atoms with Gasteiger partial charge >= 0.3 is 5.69 Å².